The number of benzene rings is 2. The fourth-order valence-electron chi connectivity index (χ4n) is 8.18. The quantitative estimate of drug-likeness (QED) is 0.142. The SMILES string of the molecule is CCc1nc(-c2cccc3cc(-c4ccc(C(=O)NCc5cc(-c6cccc7c6CN(C6CCC(=O)NC6=O)C7=O)cnc5N)nc4)ncc23)c2n1CCN(C=O)C2. The van der Waals surface area contributed by atoms with E-state index < -0.39 is 17.9 Å². The molecule has 1 atom stereocenters. The molecule has 9 rings (SSSR count). The third-order valence-electron chi connectivity index (χ3n) is 11.2. The van der Waals surface area contributed by atoms with Gasteiger partial charge >= 0.3 is 0 Å². The molecule has 5 amide bonds. The molecule has 0 radical (unpaired) electrons. The van der Waals surface area contributed by atoms with E-state index in [9.17, 15) is 24.0 Å². The smallest absolute Gasteiger partial charge is 0.270 e. The van der Waals surface area contributed by atoms with Gasteiger partial charge in [-0.05, 0) is 53.3 Å². The first-order valence-electron chi connectivity index (χ1n) is 19.1. The summed E-state index contributed by atoms with van der Waals surface area (Å²) >= 11 is 0. The topological polar surface area (TPSA) is 198 Å². The van der Waals surface area contributed by atoms with E-state index in [2.05, 4.69) is 32.1 Å². The van der Waals surface area contributed by atoms with Crippen molar-refractivity contribution in [2.45, 2.75) is 58.4 Å². The minimum Gasteiger partial charge on any atom is -0.383 e. The summed E-state index contributed by atoms with van der Waals surface area (Å²) in [6.45, 7) is 4.25. The number of amides is 5. The zero-order valence-electron chi connectivity index (χ0n) is 31.6. The van der Waals surface area contributed by atoms with E-state index in [4.69, 9.17) is 15.7 Å². The number of anilines is 1. The maximum atomic E-state index is 13.4. The number of nitrogens with two attached hydrogens (primary N) is 1. The van der Waals surface area contributed by atoms with Gasteiger partial charge in [0.15, 0.2) is 0 Å². The second-order valence-electron chi connectivity index (χ2n) is 14.6. The second kappa shape index (κ2) is 14.7. The highest BCUT2D eigenvalue weighted by Gasteiger charge is 2.40. The number of piperidine rings is 1. The van der Waals surface area contributed by atoms with Crippen molar-refractivity contribution in [2.24, 2.45) is 0 Å². The van der Waals surface area contributed by atoms with Crippen molar-refractivity contribution in [2.75, 3.05) is 12.3 Å². The standard InChI is InChI=1S/C43H38N10O5/c1-2-37-49-39(36-22-51(23-54)13-14-52(36)37)29-7-3-5-24-16-34(46-20-31(24)29)25-9-10-33(45-17-25)41(56)48-19-27-15-26(18-47-40(27)44)28-6-4-8-30-32(28)21-53(43(30)58)35-11-12-38(55)50-42(35)57/h3-10,15-18,20,23,35H,2,11-14,19,21-22H2,1H3,(H2,44,47)(H,48,56)(H,50,55,57). The molecule has 1 fully saturated rings. The number of pyridine rings is 3. The number of nitrogen functional groups attached to an aromatic ring is 1. The largest absolute Gasteiger partial charge is 0.383 e. The molecule has 2 aromatic carbocycles. The van der Waals surface area contributed by atoms with Crippen LogP contribution < -0.4 is 16.4 Å². The van der Waals surface area contributed by atoms with Crippen LogP contribution >= 0.6 is 0 Å². The first-order chi connectivity index (χ1) is 28.2. The molecule has 7 heterocycles. The summed E-state index contributed by atoms with van der Waals surface area (Å²) < 4.78 is 2.23. The normalized spacial score (nSPS) is 16.3. The molecule has 6 aromatic rings. The van der Waals surface area contributed by atoms with Gasteiger partial charge < -0.3 is 25.4 Å². The summed E-state index contributed by atoms with van der Waals surface area (Å²) in [7, 11) is 0. The highest BCUT2D eigenvalue weighted by Crippen LogP contribution is 2.36. The van der Waals surface area contributed by atoms with E-state index >= 15 is 0 Å². The second-order valence-corrected chi connectivity index (χ2v) is 14.6. The highest BCUT2D eigenvalue weighted by molar-refractivity contribution is 6.06. The number of hydrogen-bond acceptors (Lipinski definition) is 10. The Morgan fingerprint density at radius 2 is 1.74 bits per heavy atom. The third-order valence-corrected chi connectivity index (χ3v) is 11.2. The predicted molar refractivity (Wildman–Crippen MR) is 213 cm³/mol. The molecule has 0 bridgehead atoms. The van der Waals surface area contributed by atoms with Crippen LogP contribution in [0.4, 0.5) is 5.82 Å². The number of aromatic nitrogens is 5. The van der Waals surface area contributed by atoms with Crippen molar-refractivity contribution in [1.82, 2.24) is 44.9 Å². The van der Waals surface area contributed by atoms with Crippen LogP contribution in [0.5, 0.6) is 0 Å². The number of nitrogens with zero attached hydrogens (tertiary/aromatic N) is 7. The van der Waals surface area contributed by atoms with Gasteiger partial charge in [0, 0.05) is 90.8 Å². The first-order valence-corrected chi connectivity index (χ1v) is 19.1. The lowest BCUT2D eigenvalue weighted by Gasteiger charge is -2.29. The third kappa shape index (κ3) is 6.39. The molecule has 15 nitrogen and oxygen atoms in total. The molecule has 15 heteroatoms. The number of imidazole rings is 1. The van der Waals surface area contributed by atoms with Crippen LogP contribution in [0.2, 0.25) is 0 Å². The van der Waals surface area contributed by atoms with Crippen molar-refractivity contribution in [3.05, 3.63) is 113 Å². The zero-order valence-corrected chi connectivity index (χ0v) is 31.6. The molecule has 4 aromatic heterocycles. The van der Waals surface area contributed by atoms with E-state index in [0.29, 0.717) is 42.0 Å². The van der Waals surface area contributed by atoms with Gasteiger partial charge in [0.05, 0.1) is 23.6 Å². The lowest BCUT2D eigenvalue weighted by atomic mass is 9.97. The molecular weight excluding hydrogens is 737 g/mol. The summed E-state index contributed by atoms with van der Waals surface area (Å²) in [5.41, 5.74) is 14.0. The Bertz CT molecular complexity index is 2690. The fraction of sp³-hybridized carbons (Fsp3) is 0.233. The molecule has 1 unspecified atom stereocenters. The molecule has 4 N–H and O–H groups in total. The van der Waals surface area contributed by atoms with Gasteiger partial charge in [-0.3, -0.25) is 39.3 Å². The van der Waals surface area contributed by atoms with Crippen LogP contribution in [0.15, 0.2) is 79.3 Å². The average Bonchev–Trinajstić information content (AvgIpc) is 3.79. The van der Waals surface area contributed by atoms with Gasteiger partial charge in [-0.15, -0.1) is 0 Å². The van der Waals surface area contributed by atoms with E-state index in [1.54, 1.807) is 41.6 Å². The van der Waals surface area contributed by atoms with Crippen LogP contribution in [-0.4, -0.2) is 76.9 Å². The molecule has 290 valence electrons. The van der Waals surface area contributed by atoms with Crippen molar-refractivity contribution < 1.29 is 24.0 Å². The zero-order chi connectivity index (χ0) is 40.1. The molecule has 1 saturated heterocycles. The molecule has 0 spiro atoms. The van der Waals surface area contributed by atoms with Crippen molar-refractivity contribution >= 4 is 46.6 Å². The number of imide groups is 1. The number of aryl methyl sites for hydroxylation is 1. The van der Waals surface area contributed by atoms with E-state index in [1.807, 2.05) is 42.6 Å². The molecular formula is C43H38N10O5. The summed E-state index contributed by atoms with van der Waals surface area (Å²) in [5.74, 6) is -0.245. The number of rotatable bonds is 9. The van der Waals surface area contributed by atoms with Crippen molar-refractivity contribution in [3.8, 4) is 33.6 Å². The molecule has 3 aliphatic heterocycles. The summed E-state index contributed by atoms with van der Waals surface area (Å²) in [6.07, 6.45) is 7.19. The number of carbonyl (C=O) groups is 5. The predicted octanol–water partition coefficient (Wildman–Crippen LogP) is 4.03. The van der Waals surface area contributed by atoms with Gasteiger partial charge in [-0.25, -0.2) is 9.97 Å². The lowest BCUT2D eigenvalue weighted by Crippen LogP contribution is -2.52. The molecule has 3 aliphatic rings. The van der Waals surface area contributed by atoms with Gasteiger partial charge in [0.2, 0.25) is 18.2 Å². The van der Waals surface area contributed by atoms with Crippen molar-refractivity contribution in [1.29, 1.82) is 0 Å². The van der Waals surface area contributed by atoms with Gasteiger partial charge in [0.1, 0.15) is 23.4 Å². The Balaban J connectivity index is 0.901. The molecule has 58 heavy (non-hydrogen) atoms. The fourth-order valence-corrected chi connectivity index (χ4v) is 8.18. The van der Waals surface area contributed by atoms with E-state index in [0.717, 1.165) is 63.1 Å². The number of nitrogens with one attached hydrogen (secondary N) is 2. The van der Waals surface area contributed by atoms with Crippen LogP contribution in [0.3, 0.4) is 0 Å². The maximum absolute atomic E-state index is 13.4. The van der Waals surface area contributed by atoms with Crippen LogP contribution in [0.1, 0.15) is 63.3 Å². The molecule has 0 saturated carbocycles. The Morgan fingerprint density at radius 1 is 0.931 bits per heavy atom. The maximum Gasteiger partial charge on any atom is 0.270 e. The van der Waals surface area contributed by atoms with Crippen LogP contribution in [0, 0.1) is 0 Å². The number of carbonyl (C=O) groups excluding carboxylic acids is 5. The van der Waals surface area contributed by atoms with Crippen molar-refractivity contribution in [3.63, 3.8) is 0 Å². The molecule has 0 aliphatic carbocycles. The average molecular weight is 775 g/mol. The number of fused-ring (bicyclic) bond motifs is 3. The van der Waals surface area contributed by atoms with E-state index in [-0.39, 0.29) is 49.3 Å². The Labute approximate surface area is 332 Å². The summed E-state index contributed by atoms with van der Waals surface area (Å²) in [5, 5.41) is 7.14. The number of hydrogen-bond donors (Lipinski definition) is 3. The van der Waals surface area contributed by atoms with Gasteiger partial charge in [0.25, 0.3) is 11.8 Å². The summed E-state index contributed by atoms with van der Waals surface area (Å²) in [4.78, 5) is 84.5. The minimum absolute atomic E-state index is 0.0761. The van der Waals surface area contributed by atoms with Gasteiger partial charge in [-0.2, -0.15) is 0 Å². The van der Waals surface area contributed by atoms with E-state index in [1.165, 1.54) is 4.90 Å². The van der Waals surface area contributed by atoms with Gasteiger partial charge in [-0.1, -0.05) is 37.3 Å². The Hall–Kier alpha value is -7.29. The summed E-state index contributed by atoms with van der Waals surface area (Å²) in [6, 6.07) is 18.0. The minimum atomic E-state index is -0.730. The Morgan fingerprint density at radius 3 is 2.53 bits per heavy atom. The monoisotopic (exact) mass is 774 g/mol. The first kappa shape index (κ1) is 36.4. The Kier molecular flexibility index (Phi) is 9.19. The lowest BCUT2D eigenvalue weighted by molar-refractivity contribution is -0.137. The van der Waals surface area contributed by atoms with Crippen LogP contribution in [0.25, 0.3) is 44.4 Å². The highest BCUT2D eigenvalue weighted by atomic mass is 16.2. The van der Waals surface area contributed by atoms with Crippen LogP contribution in [-0.2, 0) is 47.0 Å².